The number of anilines is 3. The zero-order valence-corrected chi connectivity index (χ0v) is 17.3. The Bertz CT molecular complexity index is 949. The number of aromatic nitrogens is 1. The van der Waals surface area contributed by atoms with Crippen molar-refractivity contribution in [2.45, 2.75) is 27.3 Å². The lowest BCUT2D eigenvalue weighted by atomic mass is 10.1. The zero-order valence-electron chi connectivity index (χ0n) is 17.3. The van der Waals surface area contributed by atoms with Gasteiger partial charge in [-0.3, -0.25) is 9.78 Å². The smallest absolute Gasteiger partial charge is 0.257 e. The Labute approximate surface area is 172 Å². The van der Waals surface area contributed by atoms with Crippen LogP contribution in [0.2, 0.25) is 0 Å². The molecule has 0 saturated heterocycles. The lowest BCUT2D eigenvalue weighted by Crippen LogP contribution is -2.21. The SMILES string of the molecule is CCN(CC)c1ccc(NC(=O)c2cncc(NCc3cccc(C)c3)c2)cc1. The predicted octanol–water partition coefficient (Wildman–Crippen LogP) is 5.10. The van der Waals surface area contributed by atoms with Crippen molar-refractivity contribution in [3.05, 3.63) is 83.7 Å². The standard InChI is InChI=1S/C24H28N4O/c1-4-28(5-2)23-11-9-21(10-12-23)27-24(29)20-14-22(17-25-16-20)26-15-19-8-6-7-18(3)13-19/h6-14,16-17,26H,4-5,15H2,1-3H3,(H,27,29). The van der Waals surface area contributed by atoms with Gasteiger partial charge in [-0.2, -0.15) is 0 Å². The highest BCUT2D eigenvalue weighted by Crippen LogP contribution is 2.19. The molecule has 0 radical (unpaired) electrons. The second-order valence-electron chi connectivity index (χ2n) is 6.98. The average molecular weight is 389 g/mol. The minimum Gasteiger partial charge on any atom is -0.380 e. The number of nitrogens with one attached hydrogen (secondary N) is 2. The minimum absolute atomic E-state index is 0.174. The van der Waals surface area contributed by atoms with Crippen molar-refractivity contribution < 1.29 is 4.79 Å². The summed E-state index contributed by atoms with van der Waals surface area (Å²) in [6.07, 6.45) is 3.31. The van der Waals surface area contributed by atoms with Crippen molar-refractivity contribution in [1.29, 1.82) is 0 Å². The number of amides is 1. The van der Waals surface area contributed by atoms with E-state index >= 15 is 0 Å². The van der Waals surface area contributed by atoms with Gasteiger partial charge in [-0.25, -0.2) is 0 Å². The predicted molar refractivity (Wildman–Crippen MR) is 121 cm³/mol. The van der Waals surface area contributed by atoms with Gasteiger partial charge in [-0.15, -0.1) is 0 Å². The number of carbonyl (C=O) groups excluding carboxylic acids is 1. The summed E-state index contributed by atoms with van der Waals surface area (Å²) < 4.78 is 0. The quantitative estimate of drug-likeness (QED) is 0.564. The van der Waals surface area contributed by atoms with Crippen LogP contribution < -0.4 is 15.5 Å². The van der Waals surface area contributed by atoms with E-state index in [-0.39, 0.29) is 5.91 Å². The third kappa shape index (κ3) is 5.57. The Morgan fingerprint density at radius 2 is 1.72 bits per heavy atom. The summed E-state index contributed by atoms with van der Waals surface area (Å²) in [5.74, 6) is -0.174. The summed E-state index contributed by atoms with van der Waals surface area (Å²) in [6.45, 7) is 8.93. The van der Waals surface area contributed by atoms with Crippen LogP contribution in [-0.4, -0.2) is 24.0 Å². The molecule has 0 aliphatic carbocycles. The van der Waals surface area contributed by atoms with Gasteiger partial charge in [-0.05, 0) is 56.7 Å². The van der Waals surface area contributed by atoms with Crippen molar-refractivity contribution in [3.63, 3.8) is 0 Å². The Morgan fingerprint density at radius 1 is 0.966 bits per heavy atom. The van der Waals surface area contributed by atoms with Gasteiger partial charge in [0.2, 0.25) is 0 Å². The molecule has 1 heterocycles. The van der Waals surface area contributed by atoms with E-state index in [1.807, 2.05) is 36.4 Å². The van der Waals surface area contributed by atoms with Gasteiger partial charge >= 0.3 is 0 Å². The third-order valence-electron chi connectivity index (χ3n) is 4.83. The Hall–Kier alpha value is -3.34. The van der Waals surface area contributed by atoms with Gasteiger partial charge in [0, 0.05) is 43.4 Å². The van der Waals surface area contributed by atoms with E-state index in [1.54, 1.807) is 12.4 Å². The summed E-state index contributed by atoms with van der Waals surface area (Å²) in [5, 5.41) is 6.28. The molecule has 5 heteroatoms. The summed E-state index contributed by atoms with van der Waals surface area (Å²) in [4.78, 5) is 19.1. The molecule has 1 amide bonds. The van der Waals surface area contributed by atoms with Crippen LogP contribution in [0.1, 0.15) is 35.3 Å². The first-order chi connectivity index (χ1) is 14.1. The number of benzene rings is 2. The molecule has 0 aliphatic heterocycles. The Balaban J connectivity index is 1.63. The molecular weight excluding hydrogens is 360 g/mol. The fourth-order valence-electron chi connectivity index (χ4n) is 3.23. The van der Waals surface area contributed by atoms with E-state index in [4.69, 9.17) is 0 Å². The van der Waals surface area contributed by atoms with Crippen LogP contribution in [0.15, 0.2) is 67.0 Å². The van der Waals surface area contributed by atoms with Crippen molar-refractivity contribution in [2.75, 3.05) is 28.6 Å². The van der Waals surface area contributed by atoms with Gasteiger partial charge in [-0.1, -0.05) is 29.8 Å². The molecule has 0 spiro atoms. The number of rotatable bonds is 8. The number of aryl methyl sites for hydroxylation is 1. The largest absolute Gasteiger partial charge is 0.380 e. The first-order valence-electron chi connectivity index (χ1n) is 10.00. The van der Waals surface area contributed by atoms with Crippen LogP contribution in [0.4, 0.5) is 17.1 Å². The van der Waals surface area contributed by atoms with E-state index in [0.717, 1.165) is 30.2 Å². The lowest BCUT2D eigenvalue weighted by molar-refractivity contribution is 0.102. The number of hydrogen-bond donors (Lipinski definition) is 2. The molecule has 1 aromatic heterocycles. The first-order valence-corrected chi connectivity index (χ1v) is 10.00. The molecular formula is C24H28N4O. The second-order valence-corrected chi connectivity index (χ2v) is 6.98. The summed E-state index contributed by atoms with van der Waals surface area (Å²) in [7, 11) is 0. The molecule has 0 saturated carbocycles. The van der Waals surface area contributed by atoms with Gasteiger partial charge in [0.05, 0.1) is 11.3 Å². The fourth-order valence-corrected chi connectivity index (χ4v) is 3.23. The van der Waals surface area contributed by atoms with Crippen molar-refractivity contribution in [3.8, 4) is 0 Å². The van der Waals surface area contributed by atoms with Gasteiger partial charge in [0.25, 0.3) is 5.91 Å². The number of hydrogen-bond acceptors (Lipinski definition) is 4. The van der Waals surface area contributed by atoms with Crippen molar-refractivity contribution in [1.82, 2.24) is 4.98 Å². The van der Waals surface area contributed by atoms with Crippen LogP contribution in [0, 0.1) is 6.92 Å². The molecule has 0 aliphatic rings. The van der Waals surface area contributed by atoms with Gasteiger partial charge < -0.3 is 15.5 Å². The summed E-state index contributed by atoms with van der Waals surface area (Å²) >= 11 is 0. The third-order valence-corrected chi connectivity index (χ3v) is 4.83. The molecule has 29 heavy (non-hydrogen) atoms. The molecule has 2 N–H and O–H groups in total. The maximum atomic E-state index is 12.6. The molecule has 0 fully saturated rings. The summed E-state index contributed by atoms with van der Waals surface area (Å²) in [6, 6.07) is 18.1. The Kier molecular flexibility index (Phi) is 6.85. The highest BCUT2D eigenvalue weighted by molar-refractivity contribution is 6.04. The van der Waals surface area contributed by atoms with Crippen LogP contribution >= 0.6 is 0 Å². The fraction of sp³-hybridized carbons (Fsp3) is 0.250. The van der Waals surface area contributed by atoms with Gasteiger partial charge in [0.15, 0.2) is 0 Å². The molecule has 3 rings (SSSR count). The van der Waals surface area contributed by atoms with Crippen molar-refractivity contribution in [2.24, 2.45) is 0 Å². The van der Waals surface area contributed by atoms with Crippen LogP contribution in [0.5, 0.6) is 0 Å². The van der Waals surface area contributed by atoms with E-state index in [2.05, 4.69) is 59.5 Å². The lowest BCUT2D eigenvalue weighted by Gasteiger charge is -2.21. The number of pyridine rings is 1. The van der Waals surface area contributed by atoms with E-state index in [9.17, 15) is 4.79 Å². The maximum Gasteiger partial charge on any atom is 0.257 e. The highest BCUT2D eigenvalue weighted by atomic mass is 16.1. The molecule has 150 valence electrons. The minimum atomic E-state index is -0.174. The van der Waals surface area contributed by atoms with Crippen molar-refractivity contribution >= 4 is 23.0 Å². The number of carbonyl (C=O) groups is 1. The molecule has 5 nitrogen and oxygen atoms in total. The topological polar surface area (TPSA) is 57.3 Å². The molecule has 0 atom stereocenters. The second kappa shape index (κ2) is 9.73. The zero-order chi connectivity index (χ0) is 20.6. The summed E-state index contributed by atoms with van der Waals surface area (Å²) in [5.41, 5.74) is 5.67. The molecule has 3 aromatic rings. The normalized spacial score (nSPS) is 10.4. The number of nitrogens with zero attached hydrogens (tertiary/aromatic N) is 2. The monoisotopic (exact) mass is 388 g/mol. The first kappa shape index (κ1) is 20.4. The highest BCUT2D eigenvalue weighted by Gasteiger charge is 2.09. The average Bonchev–Trinajstić information content (AvgIpc) is 2.74. The van der Waals surface area contributed by atoms with E-state index < -0.39 is 0 Å². The maximum absolute atomic E-state index is 12.6. The van der Waals surface area contributed by atoms with E-state index in [0.29, 0.717) is 12.1 Å². The van der Waals surface area contributed by atoms with E-state index in [1.165, 1.54) is 11.1 Å². The van der Waals surface area contributed by atoms with Crippen LogP contribution in [0.25, 0.3) is 0 Å². The molecule has 0 bridgehead atoms. The molecule has 0 unspecified atom stereocenters. The van der Waals surface area contributed by atoms with Gasteiger partial charge in [0.1, 0.15) is 0 Å². The van der Waals surface area contributed by atoms with Crippen LogP contribution in [0.3, 0.4) is 0 Å². The molecule has 2 aromatic carbocycles. The Morgan fingerprint density at radius 3 is 2.41 bits per heavy atom. The van der Waals surface area contributed by atoms with Crippen LogP contribution in [-0.2, 0) is 6.54 Å².